The molecule has 0 saturated carbocycles. The summed E-state index contributed by atoms with van der Waals surface area (Å²) in [6.45, 7) is 3.47. The Morgan fingerprint density at radius 3 is 2.41 bits per heavy atom. The summed E-state index contributed by atoms with van der Waals surface area (Å²) >= 11 is 6.59. The first kappa shape index (κ1) is 15.0. The molecule has 5 heteroatoms. The fraction of sp³-hybridized carbons (Fsp3) is 0.500. The highest BCUT2D eigenvalue weighted by molar-refractivity contribution is 9.11. The highest BCUT2D eigenvalue weighted by atomic mass is 79.9. The van der Waals surface area contributed by atoms with E-state index in [1.165, 1.54) is 0 Å². The summed E-state index contributed by atoms with van der Waals surface area (Å²) in [5, 5.41) is 22.2. The van der Waals surface area contributed by atoms with Gasteiger partial charge in [0.2, 0.25) is 0 Å². The van der Waals surface area contributed by atoms with Crippen molar-refractivity contribution in [3.05, 3.63) is 26.6 Å². The van der Waals surface area contributed by atoms with E-state index in [2.05, 4.69) is 37.2 Å². The first-order valence-electron chi connectivity index (χ1n) is 5.60. The SMILES string of the molecule is CCC(O)CCNCc1cc(Br)c(O)c(Br)c1. The molecule has 1 rings (SSSR count). The van der Waals surface area contributed by atoms with Gasteiger partial charge in [-0.15, -0.1) is 0 Å². The molecular formula is C12H17Br2NO2. The molecule has 0 radical (unpaired) electrons. The number of aromatic hydroxyl groups is 1. The Kier molecular flexibility index (Phi) is 6.48. The summed E-state index contributed by atoms with van der Waals surface area (Å²) in [6.07, 6.45) is 1.33. The topological polar surface area (TPSA) is 52.5 Å². The largest absolute Gasteiger partial charge is 0.506 e. The quantitative estimate of drug-likeness (QED) is 0.678. The third-order valence-electron chi connectivity index (χ3n) is 2.53. The van der Waals surface area contributed by atoms with Crippen molar-refractivity contribution in [1.29, 1.82) is 0 Å². The molecule has 0 bridgehead atoms. The molecule has 96 valence electrons. The number of benzene rings is 1. The molecule has 0 aromatic heterocycles. The molecule has 0 aliphatic rings. The van der Waals surface area contributed by atoms with Gasteiger partial charge in [-0.3, -0.25) is 0 Å². The van der Waals surface area contributed by atoms with E-state index in [0.717, 1.165) is 24.9 Å². The van der Waals surface area contributed by atoms with Gasteiger partial charge in [-0.2, -0.15) is 0 Å². The van der Waals surface area contributed by atoms with Gasteiger partial charge in [-0.05, 0) is 68.9 Å². The molecule has 0 spiro atoms. The van der Waals surface area contributed by atoms with Crippen LogP contribution in [0.15, 0.2) is 21.1 Å². The molecule has 0 saturated heterocycles. The number of phenols is 1. The van der Waals surface area contributed by atoms with E-state index in [0.29, 0.717) is 15.5 Å². The predicted octanol–water partition coefficient (Wildman–Crippen LogP) is 3.17. The highest BCUT2D eigenvalue weighted by Gasteiger charge is 2.06. The first-order chi connectivity index (χ1) is 8.04. The van der Waals surface area contributed by atoms with Crippen molar-refractivity contribution >= 4 is 31.9 Å². The molecule has 1 atom stereocenters. The van der Waals surface area contributed by atoms with Crippen LogP contribution in [0.25, 0.3) is 0 Å². The van der Waals surface area contributed by atoms with Crippen molar-refractivity contribution < 1.29 is 10.2 Å². The van der Waals surface area contributed by atoms with Crippen molar-refractivity contribution in [2.24, 2.45) is 0 Å². The minimum Gasteiger partial charge on any atom is -0.506 e. The predicted molar refractivity (Wildman–Crippen MR) is 76.1 cm³/mol. The van der Waals surface area contributed by atoms with Gasteiger partial charge in [0.25, 0.3) is 0 Å². The monoisotopic (exact) mass is 365 g/mol. The number of nitrogens with one attached hydrogen (secondary N) is 1. The lowest BCUT2D eigenvalue weighted by Crippen LogP contribution is -2.19. The molecule has 0 heterocycles. The van der Waals surface area contributed by atoms with Gasteiger partial charge in [0, 0.05) is 6.54 Å². The normalized spacial score (nSPS) is 12.7. The smallest absolute Gasteiger partial charge is 0.143 e. The molecule has 3 N–H and O–H groups in total. The Morgan fingerprint density at radius 1 is 1.29 bits per heavy atom. The van der Waals surface area contributed by atoms with Crippen LogP contribution < -0.4 is 5.32 Å². The lowest BCUT2D eigenvalue weighted by Gasteiger charge is -2.10. The summed E-state index contributed by atoms with van der Waals surface area (Å²) in [7, 11) is 0. The number of rotatable bonds is 6. The lowest BCUT2D eigenvalue weighted by molar-refractivity contribution is 0.159. The van der Waals surface area contributed by atoms with E-state index in [1.54, 1.807) is 0 Å². The number of halogens is 2. The molecule has 0 fully saturated rings. The van der Waals surface area contributed by atoms with Crippen LogP contribution in [-0.2, 0) is 6.54 Å². The van der Waals surface area contributed by atoms with Crippen LogP contribution in [0.4, 0.5) is 0 Å². The molecule has 1 aromatic carbocycles. The summed E-state index contributed by atoms with van der Waals surface area (Å²) in [6, 6.07) is 3.76. The number of aliphatic hydroxyl groups excluding tert-OH is 1. The molecule has 1 unspecified atom stereocenters. The molecule has 1 aromatic rings. The zero-order chi connectivity index (χ0) is 12.8. The number of hydrogen-bond acceptors (Lipinski definition) is 3. The van der Waals surface area contributed by atoms with Crippen LogP contribution in [-0.4, -0.2) is 22.9 Å². The lowest BCUT2D eigenvalue weighted by atomic mass is 10.2. The molecule has 17 heavy (non-hydrogen) atoms. The Balaban J connectivity index is 2.42. The fourth-order valence-corrected chi connectivity index (χ4v) is 2.71. The first-order valence-corrected chi connectivity index (χ1v) is 7.18. The molecule has 0 amide bonds. The maximum Gasteiger partial charge on any atom is 0.143 e. The van der Waals surface area contributed by atoms with Gasteiger partial charge in [-0.1, -0.05) is 6.92 Å². The average Bonchev–Trinajstić information content (AvgIpc) is 2.31. The van der Waals surface area contributed by atoms with E-state index >= 15 is 0 Å². The van der Waals surface area contributed by atoms with Gasteiger partial charge in [0.1, 0.15) is 5.75 Å². The van der Waals surface area contributed by atoms with Gasteiger partial charge >= 0.3 is 0 Å². The standard InChI is InChI=1S/C12H17Br2NO2/c1-2-9(16)3-4-15-7-8-5-10(13)12(17)11(14)6-8/h5-6,9,15-17H,2-4,7H2,1H3. The zero-order valence-corrected chi connectivity index (χ0v) is 12.9. The average molecular weight is 367 g/mol. The van der Waals surface area contributed by atoms with E-state index in [1.807, 2.05) is 19.1 Å². The fourth-order valence-electron chi connectivity index (χ4n) is 1.43. The van der Waals surface area contributed by atoms with Crippen molar-refractivity contribution in [3.63, 3.8) is 0 Å². The minimum absolute atomic E-state index is 0.218. The Morgan fingerprint density at radius 2 is 1.88 bits per heavy atom. The van der Waals surface area contributed by atoms with Crippen LogP contribution >= 0.6 is 31.9 Å². The number of hydrogen-bond donors (Lipinski definition) is 3. The highest BCUT2D eigenvalue weighted by Crippen LogP contribution is 2.33. The second kappa shape index (κ2) is 7.36. The van der Waals surface area contributed by atoms with Gasteiger partial charge in [0.05, 0.1) is 15.0 Å². The van der Waals surface area contributed by atoms with Crippen molar-refractivity contribution in [2.45, 2.75) is 32.4 Å². The molecule has 0 aliphatic heterocycles. The van der Waals surface area contributed by atoms with Crippen LogP contribution in [0.1, 0.15) is 25.3 Å². The maximum absolute atomic E-state index is 9.56. The van der Waals surface area contributed by atoms with Crippen LogP contribution in [0.2, 0.25) is 0 Å². The van der Waals surface area contributed by atoms with Crippen molar-refractivity contribution in [3.8, 4) is 5.75 Å². The molecule has 3 nitrogen and oxygen atoms in total. The summed E-state index contributed by atoms with van der Waals surface area (Å²) < 4.78 is 1.36. The Hall–Kier alpha value is -0.100. The minimum atomic E-state index is -0.221. The maximum atomic E-state index is 9.56. The number of aliphatic hydroxyl groups is 1. The summed E-state index contributed by atoms with van der Waals surface area (Å²) in [5.41, 5.74) is 1.08. The van der Waals surface area contributed by atoms with E-state index in [9.17, 15) is 10.2 Å². The Labute approximate surface area is 118 Å². The second-order valence-corrected chi connectivity index (χ2v) is 5.64. The van der Waals surface area contributed by atoms with Gasteiger partial charge < -0.3 is 15.5 Å². The van der Waals surface area contributed by atoms with Gasteiger partial charge in [0.15, 0.2) is 0 Å². The second-order valence-electron chi connectivity index (χ2n) is 3.94. The Bertz CT molecular complexity index is 349. The van der Waals surface area contributed by atoms with Gasteiger partial charge in [-0.25, -0.2) is 0 Å². The zero-order valence-electron chi connectivity index (χ0n) is 9.71. The van der Waals surface area contributed by atoms with Crippen molar-refractivity contribution in [1.82, 2.24) is 5.32 Å². The summed E-state index contributed by atoms with van der Waals surface area (Å²) in [4.78, 5) is 0. The third kappa shape index (κ3) is 4.95. The van der Waals surface area contributed by atoms with Crippen LogP contribution in [0.5, 0.6) is 5.75 Å². The van der Waals surface area contributed by atoms with E-state index < -0.39 is 0 Å². The van der Waals surface area contributed by atoms with Crippen molar-refractivity contribution in [2.75, 3.05) is 6.54 Å². The molecule has 0 aliphatic carbocycles. The van der Waals surface area contributed by atoms with E-state index in [-0.39, 0.29) is 11.9 Å². The van der Waals surface area contributed by atoms with E-state index in [4.69, 9.17) is 0 Å². The third-order valence-corrected chi connectivity index (χ3v) is 3.74. The number of phenolic OH excluding ortho intramolecular Hbond substituents is 1. The molecular weight excluding hydrogens is 350 g/mol. The summed E-state index contributed by atoms with van der Waals surface area (Å²) in [5.74, 6) is 0.218. The van der Waals surface area contributed by atoms with Crippen LogP contribution in [0, 0.1) is 0 Å². The van der Waals surface area contributed by atoms with Crippen LogP contribution in [0.3, 0.4) is 0 Å².